The first-order valence-corrected chi connectivity index (χ1v) is 9.18. The molecule has 1 aliphatic rings. The number of ether oxygens (including phenoxy) is 2. The van der Waals surface area contributed by atoms with Gasteiger partial charge in [0.2, 0.25) is 5.91 Å². The Kier molecular flexibility index (Phi) is 5.64. The van der Waals surface area contributed by atoms with Gasteiger partial charge in [-0.3, -0.25) is 4.79 Å². The normalized spacial score (nSPS) is 14.0. The number of amides is 1. The molecule has 1 amide bonds. The molecule has 0 spiro atoms. The Labute approximate surface area is 146 Å². The number of hydrogen-bond acceptors (Lipinski definition) is 4. The monoisotopic (exact) mass is 343 g/mol. The molecule has 1 aliphatic heterocycles. The zero-order chi connectivity index (χ0) is 16.8. The van der Waals surface area contributed by atoms with Crippen molar-refractivity contribution < 1.29 is 14.3 Å². The van der Waals surface area contributed by atoms with E-state index in [0.29, 0.717) is 19.0 Å². The Bertz CT molecular complexity index is 690. The Morgan fingerprint density at radius 3 is 2.67 bits per heavy atom. The number of hydrogen-bond donors (Lipinski definition) is 1. The third-order valence-corrected chi connectivity index (χ3v) is 4.79. The van der Waals surface area contributed by atoms with Crippen molar-refractivity contribution in [1.82, 2.24) is 5.32 Å². The fraction of sp³-hybridized carbons (Fsp3) is 0.316. The molecule has 0 bridgehead atoms. The maximum absolute atomic E-state index is 12.1. The van der Waals surface area contributed by atoms with Crippen LogP contribution in [0.4, 0.5) is 0 Å². The molecule has 0 aliphatic carbocycles. The van der Waals surface area contributed by atoms with Crippen LogP contribution in [0.5, 0.6) is 11.5 Å². The lowest BCUT2D eigenvalue weighted by Crippen LogP contribution is -2.28. The third-order valence-electron chi connectivity index (χ3n) is 3.79. The molecule has 1 unspecified atom stereocenters. The highest BCUT2D eigenvalue weighted by molar-refractivity contribution is 7.99. The SMILES string of the molecule is CC(NC(=O)CSCc1ccccc1)c1ccc2c(c1)OCCO2. The summed E-state index contributed by atoms with van der Waals surface area (Å²) in [5, 5.41) is 3.03. The summed E-state index contributed by atoms with van der Waals surface area (Å²) in [6.07, 6.45) is 0. The number of fused-ring (bicyclic) bond motifs is 1. The summed E-state index contributed by atoms with van der Waals surface area (Å²) in [7, 11) is 0. The smallest absolute Gasteiger partial charge is 0.230 e. The summed E-state index contributed by atoms with van der Waals surface area (Å²) < 4.78 is 11.1. The molecular formula is C19H21NO3S. The van der Waals surface area contributed by atoms with Gasteiger partial charge >= 0.3 is 0 Å². The van der Waals surface area contributed by atoms with Crippen LogP contribution in [0.25, 0.3) is 0 Å². The van der Waals surface area contributed by atoms with E-state index in [2.05, 4.69) is 17.4 Å². The molecular weight excluding hydrogens is 322 g/mol. The highest BCUT2D eigenvalue weighted by atomic mass is 32.2. The van der Waals surface area contributed by atoms with Crippen molar-refractivity contribution in [3.63, 3.8) is 0 Å². The molecule has 1 heterocycles. The van der Waals surface area contributed by atoms with Gasteiger partial charge in [0.25, 0.3) is 0 Å². The molecule has 0 saturated carbocycles. The van der Waals surface area contributed by atoms with E-state index in [1.54, 1.807) is 11.8 Å². The molecule has 0 fully saturated rings. The van der Waals surface area contributed by atoms with Crippen LogP contribution >= 0.6 is 11.8 Å². The Balaban J connectivity index is 1.49. The average Bonchev–Trinajstić information content (AvgIpc) is 2.62. The Hall–Kier alpha value is -2.14. The van der Waals surface area contributed by atoms with E-state index in [9.17, 15) is 4.79 Å². The maximum Gasteiger partial charge on any atom is 0.230 e. The lowest BCUT2D eigenvalue weighted by atomic mass is 10.1. The van der Waals surface area contributed by atoms with Crippen LogP contribution in [0.3, 0.4) is 0 Å². The van der Waals surface area contributed by atoms with Crippen LogP contribution < -0.4 is 14.8 Å². The van der Waals surface area contributed by atoms with Crippen LogP contribution in [0.2, 0.25) is 0 Å². The molecule has 4 nitrogen and oxygen atoms in total. The minimum atomic E-state index is -0.0642. The second kappa shape index (κ2) is 8.11. The molecule has 2 aromatic rings. The van der Waals surface area contributed by atoms with Crippen molar-refractivity contribution >= 4 is 17.7 Å². The second-order valence-corrected chi connectivity index (χ2v) is 6.66. The number of benzene rings is 2. The highest BCUT2D eigenvalue weighted by Gasteiger charge is 2.15. The summed E-state index contributed by atoms with van der Waals surface area (Å²) >= 11 is 1.62. The molecule has 24 heavy (non-hydrogen) atoms. The van der Waals surface area contributed by atoms with Gasteiger partial charge in [-0.2, -0.15) is 0 Å². The largest absolute Gasteiger partial charge is 0.486 e. The van der Waals surface area contributed by atoms with Crippen LogP contribution in [0.1, 0.15) is 24.1 Å². The fourth-order valence-corrected chi connectivity index (χ4v) is 3.33. The van der Waals surface area contributed by atoms with Gasteiger partial charge in [-0.1, -0.05) is 36.4 Å². The number of carbonyl (C=O) groups is 1. The Morgan fingerprint density at radius 1 is 1.12 bits per heavy atom. The van der Waals surface area contributed by atoms with E-state index in [1.807, 2.05) is 43.3 Å². The molecule has 2 aromatic carbocycles. The van der Waals surface area contributed by atoms with Gasteiger partial charge in [-0.15, -0.1) is 11.8 Å². The molecule has 126 valence electrons. The predicted molar refractivity (Wildman–Crippen MR) is 96.6 cm³/mol. The summed E-state index contributed by atoms with van der Waals surface area (Å²) in [6, 6.07) is 15.9. The lowest BCUT2D eigenvalue weighted by molar-refractivity contribution is -0.119. The first-order chi connectivity index (χ1) is 11.7. The molecule has 0 radical (unpaired) electrons. The average molecular weight is 343 g/mol. The summed E-state index contributed by atoms with van der Waals surface area (Å²) in [5.41, 5.74) is 2.25. The van der Waals surface area contributed by atoms with Crippen LogP contribution in [-0.4, -0.2) is 24.9 Å². The van der Waals surface area contributed by atoms with E-state index >= 15 is 0 Å². The maximum atomic E-state index is 12.1. The number of carbonyl (C=O) groups excluding carboxylic acids is 1. The van der Waals surface area contributed by atoms with Crippen molar-refractivity contribution in [2.75, 3.05) is 19.0 Å². The number of rotatable bonds is 6. The van der Waals surface area contributed by atoms with Gasteiger partial charge in [0.05, 0.1) is 11.8 Å². The quantitative estimate of drug-likeness (QED) is 0.871. The standard InChI is InChI=1S/C19H21NO3S/c1-14(16-7-8-17-18(11-16)23-10-9-22-17)20-19(21)13-24-12-15-5-3-2-4-6-15/h2-8,11,14H,9-10,12-13H2,1H3,(H,20,21). The summed E-state index contributed by atoms with van der Waals surface area (Å²) in [4.78, 5) is 12.1. The van der Waals surface area contributed by atoms with Gasteiger partial charge in [-0.25, -0.2) is 0 Å². The van der Waals surface area contributed by atoms with E-state index < -0.39 is 0 Å². The van der Waals surface area contributed by atoms with Crippen LogP contribution in [0, 0.1) is 0 Å². The molecule has 0 aromatic heterocycles. The summed E-state index contributed by atoms with van der Waals surface area (Å²) in [6.45, 7) is 3.12. The highest BCUT2D eigenvalue weighted by Crippen LogP contribution is 2.32. The van der Waals surface area contributed by atoms with E-state index in [0.717, 1.165) is 22.8 Å². The first-order valence-electron chi connectivity index (χ1n) is 8.03. The molecule has 0 saturated heterocycles. The van der Waals surface area contributed by atoms with Crippen molar-refractivity contribution in [2.45, 2.75) is 18.7 Å². The fourth-order valence-electron chi connectivity index (χ4n) is 2.53. The van der Waals surface area contributed by atoms with Crippen molar-refractivity contribution in [2.24, 2.45) is 0 Å². The summed E-state index contributed by atoms with van der Waals surface area (Å²) in [5.74, 6) is 2.84. The van der Waals surface area contributed by atoms with E-state index in [1.165, 1.54) is 5.56 Å². The van der Waals surface area contributed by atoms with Crippen molar-refractivity contribution in [3.05, 3.63) is 59.7 Å². The minimum absolute atomic E-state index is 0.0401. The topological polar surface area (TPSA) is 47.6 Å². The Morgan fingerprint density at radius 2 is 1.88 bits per heavy atom. The molecule has 1 atom stereocenters. The van der Waals surface area contributed by atoms with Crippen molar-refractivity contribution in [1.29, 1.82) is 0 Å². The zero-order valence-corrected chi connectivity index (χ0v) is 14.5. The van der Waals surface area contributed by atoms with E-state index in [-0.39, 0.29) is 11.9 Å². The first kappa shape index (κ1) is 16.7. The van der Waals surface area contributed by atoms with Gasteiger partial charge < -0.3 is 14.8 Å². The number of thioether (sulfide) groups is 1. The molecule has 3 rings (SSSR count). The second-order valence-electron chi connectivity index (χ2n) is 5.67. The molecule has 1 N–H and O–H groups in total. The van der Waals surface area contributed by atoms with E-state index in [4.69, 9.17) is 9.47 Å². The predicted octanol–water partition coefficient (Wildman–Crippen LogP) is 3.57. The van der Waals surface area contributed by atoms with Gasteiger partial charge in [0.15, 0.2) is 11.5 Å². The van der Waals surface area contributed by atoms with Gasteiger partial charge in [0, 0.05) is 5.75 Å². The number of nitrogens with one attached hydrogen (secondary N) is 1. The third kappa shape index (κ3) is 4.45. The van der Waals surface area contributed by atoms with Crippen LogP contribution in [-0.2, 0) is 10.5 Å². The van der Waals surface area contributed by atoms with Gasteiger partial charge in [-0.05, 0) is 30.2 Å². The lowest BCUT2D eigenvalue weighted by Gasteiger charge is -2.21. The van der Waals surface area contributed by atoms with Crippen molar-refractivity contribution in [3.8, 4) is 11.5 Å². The van der Waals surface area contributed by atoms with Crippen LogP contribution in [0.15, 0.2) is 48.5 Å². The van der Waals surface area contributed by atoms with Gasteiger partial charge in [0.1, 0.15) is 13.2 Å². The zero-order valence-electron chi connectivity index (χ0n) is 13.7. The minimum Gasteiger partial charge on any atom is -0.486 e. The molecule has 5 heteroatoms.